The van der Waals surface area contributed by atoms with E-state index in [2.05, 4.69) is 0 Å². The Morgan fingerprint density at radius 3 is 1.65 bits per heavy atom. The summed E-state index contributed by atoms with van der Waals surface area (Å²) < 4.78 is 0. The van der Waals surface area contributed by atoms with Crippen molar-refractivity contribution in [3.05, 3.63) is 80.4 Å². The topological polar surface area (TPSA) is 103 Å². The van der Waals surface area contributed by atoms with Crippen LogP contribution in [-0.4, -0.2) is 16.1 Å². The first-order valence-corrected chi connectivity index (χ1v) is 5.43. The highest BCUT2D eigenvalue weighted by Gasteiger charge is 2.11. The number of aldehydes is 1. The molecule has 0 aliphatic rings. The zero-order chi connectivity index (χ0) is 15.0. The van der Waals surface area contributed by atoms with Gasteiger partial charge in [0.25, 0.3) is 11.4 Å². The fourth-order valence-electron chi connectivity index (χ4n) is 1.25. The summed E-state index contributed by atoms with van der Waals surface area (Å²) in [5.74, 6) is 0. The smallest absolute Gasteiger partial charge is 0.276 e. The van der Waals surface area contributed by atoms with E-state index < -0.39 is 9.85 Å². The Labute approximate surface area is 113 Å². The highest BCUT2D eigenvalue weighted by atomic mass is 16.6. The molecule has 20 heavy (non-hydrogen) atoms. The quantitative estimate of drug-likeness (QED) is 0.486. The van der Waals surface area contributed by atoms with Gasteiger partial charge in [-0.2, -0.15) is 0 Å². The molecule has 7 nitrogen and oxygen atoms in total. The van der Waals surface area contributed by atoms with Gasteiger partial charge in [-0.15, -0.1) is 0 Å². The number of rotatable bonds is 3. The summed E-state index contributed by atoms with van der Waals surface area (Å²) >= 11 is 0. The third-order valence-electron chi connectivity index (χ3n) is 2.19. The third kappa shape index (κ3) is 4.65. The Morgan fingerprint density at radius 1 is 0.800 bits per heavy atom. The molecule has 0 bridgehead atoms. The SMILES string of the molecule is O=Cc1ccccc1.O=[N+]([O-])c1cccc([N+](=O)[O-])c1. The van der Waals surface area contributed by atoms with Gasteiger partial charge in [0, 0.05) is 17.7 Å². The first-order chi connectivity index (χ1) is 9.54. The third-order valence-corrected chi connectivity index (χ3v) is 2.19. The van der Waals surface area contributed by atoms with Crippen molar-refractivity contribution in [3.63, 3.8) is 0 Å². The van der Waals surface area contributed by atoms with Gasteiger partial charge in [0.05, 0.1) is 15.9 Å². The lowest BCUT2D eigenvalue weighted by Gasteiger charge is -1.90. The molecule has 0 aromatic heterocycles. The van der Waals surface area contributed by atoms with Crippen molar-refractivity contribution in [1.82, 2.24) is 0 Å². The molecule has 7 heteroatoms. The first-order valence-electron chi connectivity index (χ1n) is 5.43. The van der Waals surface area contributed by atoms with Crippen LogP contribution in [-0.2, 0) is 0 Å². The highest BCUT2D eigenvalue weighted by molar-refractivity contribution is 5.74. The number of hydrogen-bond donors (Lipinski definition) is 0. The van der Waals surface area contributed by atoms with Crippen molar-refractivity contribution in [1.29, 1.82) is 0 Å². The second-order valence-electron chi connectivity index (χ2n) is 3.56. The molecular weight excluding hydrogens is 264 g/mol. The van der Waals surface area contributed by atoms with Crippen LogP contribution < -0.4 is 0 Å². The fraction of sp³-hybridized carbons (Fsp3) is 0. The number of carbonyl (C=O) groups is 1. The Hall–Kier alpha value is -3.09. The van der Waals surface area contributed by atoms with Crippen LogP contribution in [0.5, 0.6) is 0 Å². The Balaban J connectivity index is 0.000000217. The van der Waals surface area contributed by atoms with Gasteiger partial charge in [0.1, 0.15) is 6.29 Å². The number of carbonyl (C=O) groups excluding carboxylic acids is 1. The summed E-state index contributed by atoms with van der Waals surface area (Å²) in [5.41, 5.74) is 0.181. The molecule has 0 unspecified atom stereocenters. The number of non-ortho nitro benzene ring substituents is 2. The van der Waals surface area contributed by atoms with Gasteiger partial charge >= 0.3 is 0 Å². The lowest BCUT2D eigenvalue weighted by molar-refractivity contribution is -0.394. The predicted octanol–water partition coefficient (Wildman–Crippen LogP) is 3.00. The fourth-order valence-corrected chi connectivity index (χ4v) is 1.25. The molecule has 102 valence electrons. The molecule has 2 aromatic rings. The zero-order valence-electron chi connectivity index (χ0n) is 10.2. The molecule has 0 aliphatic heterocycles. The number of hydrogen-bond acceptors (Lipinski definition) is 5. The minimum absolute atomic E-state index is 0.274. The first kappa shape index (κ1) is 15.0. The standard InChI is InChI=1S/C7H6O.C6H4N2O4/c8-6-7-4-2-1-3-5-7;9-7(10)5-2-1-3-6(4-5)8(11)12/h1-6H;1-4H. The number of nitro benzene ring substituents is 2. The van der Waals surface area contributed by atoms with Crippen LogP contribution in [0.3, 0.4) is 0 Å². The summed E-state index contributed by atoms with van der Waals surface area (Å²) in [6.07, 6.45) is 0.833. The monoisotopic (exact) mass is 274 g/mol. The molecule has 0 atom stereocenters. The second kappa shape index (κ2) is 7.37. The van der Waals surface area contributed by atoms with Crippen molar-refractivity contribution in [2.24, 2.45) is 0 Å². The van der Waals surface area contributed by atoms with Gasteiger partial charge < -0.3 is 0 Å². The van der Waals surface area contributed by atoms with Crippen molar-refractivity contribution in [2.45, 2.75) is 0 Å². The lowest BCUT2D eigenvalue weighted by atomic mass is 10.2. The van der Waals surface area contributed by atoms with Gasteiger partial charge in [-0.3, -0.25) is 25.0 Å². The van der Waals surface area contributed by atoms with E-state index in [4.69, 9.17) is 0 Å². The van der Waals surface area contributed by atoms with Crippen LogP contribution in [0.2, 0.25) is 0 Å². The van der Waals surface area contributed by atoms with E-state index in [9.17, 15) is 25.0 Å². The molecule has 0 heterocycles. The maximum absolute atomic E-state index is 10.2. The largest absolute Gasteiger partial charge is 0.298 e. The predicted molar refractivity (Wildman–Crippen MR) is 71.6 cm³/mol. The summed E-state index contributed by atoms with van der Waals surface area (Å²) in [6.45, 7) is 0. The van der Waals surface area contributed by atoms with E-state index in [0.29, 0.717) is 0 Å². The lowest BCUT2D eigenvalue weighted by Crippen LogP contribution is -1.91. The second-order valence-corrected chi connectivity index (χ2v) is 3.56. The molecule has 0 radical (unpaired) electrons. The summed E-state index contributed by atoms with van der Waals surface area (Å²) in [7, 11) is 0. The van der Waals surface area contributed by atoms with Crippen molar-refractivity contribution in [2.75, 3.05) is 0 Å². The van der Waals surface area contributed by atoms with Crippen LogP contribution in [0.15, 0.2) is 54.6 Å². The van der Waals surface area contributed by atoms with E-state index in [1.165, 1.54) is 18.2 Å². The van der Waals surface area contributed by atoms with E-state index >= 15 is 0 Å². The van der Waals surface area contributed by atoms with Gasteiger partial charge in [-0.25, -0.2) is 0 Å². The van der Waals surface area contributed by atoms with Crippen molar-refractivity contribution < 1.29 is 14.6 Å². The van der Waals surface area contributed by atoms with E-state index in [0.717, 1.165) is 17.9 Å². The molecule has 2 aromatic carbocycles. The molecule has 0 saturated heterocycles. The normalized spacial score (nSPS) is 9.00. The van der Waals surface area contributed by atoms with E-state index in [1.807, 2.05) is 18.2 Å². The molecule has 0 spiro atoms. The summed E-state index contributed by atoms with van der Waals surface area (Å²) in [5, 5.41) is 20.3. The molecule has 0 saturated carbocycles. The van der Waals surface area contributed by atoms with Crippen molar-refractivity contribution in [3.8, 4) is 0 Å². The summed E-state index contributed by atoms with van der Waals surface area (Å²) in [4.78, 5) is 29.0. The minimum Gasteiger partial charge on any atom is -0.298 e. The van der Waals surface area contributed by atoms with Gasteiger partial charge in [0.2, 0.25) is 0 Å². The van der Waals surface area contributed by atoms with Crippen LogP contribution in [0.1, 0.15) is 10.4 Å². The number of nitrogens with zero attached hydrogens (tertiary/aromatic N) is 2. The summed E-state index contributed by atoms with van der Waals surface area (Å²) in [6, 6.07) is 13.7. The average molecular weight is 274 g/mol. The minimum atomic E-state index is -0.674. The van der Waals surface area contributed by atoms with Gasteiger partial charge in [-0.05, 0) is 6.07 Å². The average Bonchev–Trinajstić information content (AvgIpc) is 2.49. The van der Waals surface area contributed by atoms with Gasteiger partial charge in [-0.1, -0.05) is 30.3 Å². The molecule has 0 fully saturated rings. The Bertz CT molecular complexity index is 584. The van der Waals surface area contributed by atoms with Crippen LogP contribution in [0, 0.1) is 20.2 Å². The molecule has 2 rings (SSSR count). The van der Waals surface area contributed by atoms with Crippen LogP contribution >= 0.6 is 0 Å². The van der Waals surface area contributed by atoms with Gasteiger partial charge in [0.15, 0.2) is 0 Å². The van der Waals surface area contributed by atoms with E-state index in [-0.39, 0.29) is 11.4 Å². The maximum atomic E-state index is 10.2. The number of benzene rings is 2. The highest BCUT2D eigenvalue weighted by Crippen LogP contribution is 2.18. The Morgan fingerprint density at radius 2 is 1.30 bits per heavy atom. The van der Waals surface area contributed by atoms with Crippen LogP contribution in [0.25, 0.3) is 0 Å². The zero-order valence-corrected chi connectivity index (χ0v) is 10.2. The van der Waals surface area contributed by atoms with Crippen LogP contribution in [0.4, 0.5) is 11.4 Å². The molecule has 0 N–H and O–H groups in total. The van der Waals surface area contributed by atoms with Crippen molar-refractivity contribution >= 4 is 17.7 Å². The molecule has 0 aliphatic carbocycles. The molecule has 0 amide bonds. The Kier molecular flexibility index (Phi) is 5.51. The van der Waals surface area contributed by atoms with E-state index in [1.54, 1.807) is 12.1 Å². The molecular formula is C13H10N2O5. The maximum Gasteiger partial charge on any atom is 0.276 e. The number of nitro groups is 2.